The van der Waals surface area contributed by atoms with Gasteiger partial charge in [0.05, 0.1) is 6.54 Å². The minimum atomic E-state index is 0.368. The predicted octanol–water partition coefficient (Wildman–Crippen LogP) is 0.435. The number of carbonyl (C=O) groups is 1. The molecule has 6 heteroatoms. The van der Waals surface area contributed by atoms with Crippen LogP contribution in [0.25, 0.3) is 0 Å². The van der Waals surface area contributed by atoms with E-state index in [0.29, 0.717) is 24.3 Å². The van der Waals surface area contributed by atoms with Gasteiger partial charge in [-0.15, -0.1) is 0 Å². The minimum absolute atomic E-state index is 0.368. The molecule has 6 nitrogen and oxygen atoms in total. The van der Waals surface area contributed by atoms with Gasteiger partial charge in [-0.05, 0) is 6.92 Å². The molecule has 0 aliphatic heterocycles. The van der Waals surface area contributed by atoms with Crippen LogP contribution in [0.3, 0.4) is 0 Å². The van der Waals surface area contributed by atoms with E-state index in [9.17, 15) is 4.79 Å². The molecule has 0 N–H and O–H groups in total. The minimum Gasteiger partial charge on any atom is -0.323 e. The van der Waals surface area contributed by atoms with Crippen molar-refractivity contribution in [3.8, 4) is 0 Å². The highest BCUT2D eigenvalue weighted by atomic mass is 16.6. The van der Waals surface area contributed by atoms with Crippen LogP contribution in [0.1, 0.15) is 22.0 Å². The zero-order valence-electron chi connectivity index (χ0n) is 7.54. The molecule has 0 aromatic carbocycles. The van der Waals surface area contributed by atoms with E-state index >= 15 is 0 Å². The van der Waals surface area contributed by atoms with Crippen molar-refractivity contribution in [1.82, 2.24) is 19.9 Å². The summed E-state index contributed by atoms with van der Waals surface area (Å²) < 4.78 is 6.23. The lowest BCUT2D eigenvalue weighted by Gasteiger charge is -1.99. The lowest BCUT2D eigenvalue weighted by atomic mass is 10.3. The van der Waals surface area contributed by atoms with Crippen molar-refractivity contribution >= 4 is 6.29 Å². The van der Waals surface area contributed by atoms with Crippen molar-refractivity contribution in [3.63, 3.8) is 0 Å². The topological polar surface area (TPSA) is 73.8 Å². The molecule has 0 aliphatic carbocycles. The van der Waals surface area contributed by atoms with Crippen LogP contribution in [0.15, 0.2) is 17.0 Å². The fourth-order valence-electron chi connectivity index (χ4n) is 1.13. The Morgan fingerprint density at radius 2 is 2.43 bits per heavy atom. The molecule has 2 rings (SSSR count). The van der Waals surface area contributed by atoms with E-state index in [1.807, 2.05) is 0 Å². The lowest BCUT2D eigenvalue weighted by molar-refractivity contribution is 0.111. The SMILES string of the molecule is Cc1nonc1Cn1ccnc1C=O. The first-order valence-corrected chi connectivity index (χ1v) is 4.05. The van der Waals surface area contributed by atoms with Crippen LogP contribution in [-0.2, 0) is 6.54 Å². The molecule has 2 heterocycles. The van der Waals surface area contributed by atoms with Gasteiger partial charge >= 0.3 is 0 Å². The van der Waals surface area contributed by atoms with E-state index in [-0.39, 0.29) is 0 Å². The Morgan fingerprint density at radius 1 is 1.57 bits per heavy atom. The third-order valence-electron chi connectivity index (χ3n) is 1.92. The van der Waals surface area contributed by atoms with Gasteiger partial charge in [0.25, 0.3) is 0 Å². The van der Waals surface area contributed by atoms with E-state index in [1.165, 1.54) is 0 Å². The van der Waals surface area contributed by atoms with Gasteiger partial charge in [-0.3, -0.25) is 4.79 Å². The first kappa shape index (κ1) is 8.61. The summed E-state index contributed by atoms with van der Waals surface area (Å²) >= 11 is 0. The Labute approximate surface area is 79.5 Å². The number of rotatable bonds is 3. The van der Waals surface area contributed by atoms with Crippen molar-refractivity contribution in [2.24, 2.45) is 0 Å². The second-order valence-electron chi connectivity index (χ2n) is 2.83. The van der Waals surface area contributed by atoms with E-state index in [2.05, 4.69) is 19.9 Å². The van der Waals surface area contributed by atoms with Crippen molar-refractivity contribution in [3.05, 3.63) is 29.6 Å². The van der Waals surface area contributed by atoms with Crippen molar-refractivity contribution < 1.29 is 9.42 Å². The van der Waals surface area contributed by atoms with E-state index in [4.69, 9.17) is 0 Å². The van der Waals surface area contributed by atoms with Crippen LogP contribution in [0, 0.1) is 6.92 Å². The van der Waals surface area contributed by atoms with Gasteiger partial charge in [0.15, 0.2) is 12.1 Å². The quantitative estimate of drug-likeness (QED) is 0.659. The summed E-state index contributed by atoms with van der Waals surface area (Å²) in [6.45, 7) is 2.24. The number of carbonyl (C=O) groups excluding carboxylic acids is 1. The molecule has 0 atom stereocenters. The third-order valence-corrected chi connectivity index (χ3v) is 1.92. The van der Waals surface area contributed by atoms with Gasteiger partial charge in [-0.2, -0.15) is 0 Å². The first-order valence-electron chi connectivity index (χ1n) is 4.05. The fraction of sp³-hybridized carbons (Fsp3) is 0.250. The maximum absolute atomic E-state index is 10.6. The molecule has 0 amide bonds. The number of imidazole rings is 1. The molecule has 0 bridgehead atoms. The number of hydrogen-bond acceptors (Lipinski definition) is 5. The Balaban J connectivity index is 2.27. The van der Waals surface area contributed by atoms with E-state index in [1.54, 1.807) is 23.9 Å². The Hall–Kier alpha value is -1.98. The molecular formula is C8H8N4O2. The average molecular weight is 192 g/mol. The van der Waals surface area contributed by atoms with Gasteiger partial charge in [-0.25, -0.2) is 9.61 Å². The number of aryl methyl sites for hydroxylation is 1. The molecule has 0 saturated carbocycles. The zero-order valence-corrected chi connectivity index (χ0v) is 7.54. The van der Waals surface area contributed by atoms with Crippen LogP contribution in [-0.4, -0.2) is 26.2 Å². The second kappa shape index (κ2) is 3.41. The average Bonchev–Trinajstić information content (AvgIpc) is 2.77. The second-order valence-corrected chi connectivity index (χ2v) is 2.83. The highest BCUT2D eigenvalue weighted by Crippen LogP contribution is 2.04. The summed E-state index contributed by atoms with van der Waals surface area (Å²) in [5, 5.41) is 7.36. The summed E-state index contributed by atoms with van der Waals surface area (Å²) in [6, 6.07) is 0. The number of nitrogens with zero attached hydrogens (tertiary/aromatic N) is 4. The van der Waals surface area contributed by atoms with Crippen LogP contribution in [0.2, 0.25) is 0 Å². The zero-order chi connectivity index (χ0) is 9.97. The van der Waals surface area contributed by atoms with Gasteiger partial charge in [0.2, 0.25) is 0 Å². The molecule has 0 saturated heterocycles. The van der Waals surface area contributed by atoms with Crippen molar-refractivity contribution in [1.29, 1.82) is 0 Å². The molecule has 0 radical (unpaired) electrons. The van der Waals surface area contributed by atoms with Crippen LogP contribution in [0.4, 0.5) is 0 Å². The fourth-order valence-corrected chi connectivity index (χ4v) is 1.13. The number of hydrogen-bond donors (Lipinski definition) is 0. The van der Waals surface area contributed by atoms with Gasteiger partial charge in [0, 0.05) is 12.4 Å². The van der Waals surface area contributed by atoms with E-state index in [0.717, 1.165) is 5.69 Å². The van der Waals surface area contributed by atoms with Crippen LogP contribution < -0.4 is 0 Å². The van der Waals surface area contributed by atoms with Gasteiger partial charge < -0.3 is 4.57 Å². The maximum Gasteiger partial charge on any atom is 0.185 e. The van der Waals surface area contributed by atoms with Crippen LogP contribution >= 0.6 is 0 Å². The smallest absolute Gasteiger partial charge is 0.185 e. The molecule has 0 fully saturated rings. The van der Waals surface area contributed by atoms with Crippen LogP contribution in [0.5, 0.6) is 0 Å². The predicted molar refractivity (Wildman–Crippen MR) is 45.8 cm³/mol. The largest absolute Gasteiger partial charge is 0.323 e. The highest BCUT2D eigenvalue weighted by Gasteiger charge is 2.08. The number of aromatic nitrogens is 4. The monoisotopic (exact) mass is 192 g/mol. The van der Waals surface area contributed by atoms with E-state index < -0.39 is 0 Å². The summed E-state index contributed by atoms with van der Waals surface area (Å²) in [7, 11) is 0. The molecule has 0 aliphatic rings. The van der Waals surface area contributed by atoms with Gasteiger partial charge in [0.1, 0.15) is 11.4 Å². The molecular weight excluding hydrogens is 184 g/mol. The summed E-state index contributed by atoms with van der Waals surface area (Å²) in [5.74, 6) is 0.368. The molecule has 0 spiro atoms. The van der Waals surface area contributed by atoms with Gasteiger partial charge in [-0.1, -0.05) is 10.3 Å². The highest BCUT2D eigenvalue weighted by molar-refractivity contribution is 5.69. The molecule has 72 valence electrons. The standard InChI is InChI=1S/C8H8N4O2/c1-6-7(11-14-10-6)4-12-3-2-9-8(12)5-13/h2-3,5H,4H2,1H3. The molecule has 2 aromatic heterocycles. The third kappa shape index (κ3) is 1.41. The number of aldehydes is 1. The van der Waals surface area contributed by atoms with Crippen molar-refractivity contribution in [2.75, 3.05) is 0 Å². The Morgan fingerprint density at radius 3 is 3.07 bits per heavy atom. The summed E-state index contributed by atoms with van der Waals surface area (Å²) in [6.07, 6.45) is 3.97. The molecule has 0 unspecified atom stereocenters. The Bertz CT molecular complexity index is 446. The molecule has 14 heavy (non-hydrogen) atoms. The lowest BCUT2D eigenvalue weighted by Crippen LogP contribution is -2.04. The first-order chi connectivity index (χ1) is 6.81. The van der Waals surface area contributed by atoms with Crippen molar-refractivity contribution in [2.45, 2.75) is 13.5 Å². The molecule has 2 aromatic rings. The summed E-state index contributed by atoms with van der Waals surface area (Å²) in [4.78, 5) is 14.4. The Kier molecular flexibility index (Phi) is 2.10. The summed E-state index contributed by atoms with van der Waals surface area (Å²) in [5.41, 5.74) is 1.42. The maximum atomic E-state index is 10.6. The normalized spacial score (nSPS) is 10.4.